The van der Waals surface area contributed by atoms with Crippen molar-refractivity contribution in [3.05, 3.63) is 196 Å². The Morgan fingerprint density at radius 2 is 0.649 bits per heavy atom. The molecule has 4 aliphatic heterocycles. The molecule has 474 valence electrons. The first-order valence-electron chi connectivity index (χ1n) is 31.4. The Hall–Kier alpha value is -7.66. The van der Waals surface area contributed by atoms with Gasteiger partial charge in [-0.25, -0.2) is 17.6 Å². The Morgan fingerprint density at radius 1 is 0.340 bits per heavy atom. The van der Waals surface area contributed by atoms with E-state index < -0.39 is 46.9 Å². The molecule has 20 heteroatoms. The molecule has 4 N–H and O–H groups in total. The maximum absolute atomic E-state index is 14.3. The SMILES string of the molecule is CCCCC(CC)Cc1ccc(-c2c3cc(-c4ccc(C5=C6C(=O)NC(c7ccc(-c8cc(F)cc(F)c8)s7)=C6C(=O)N5)s4)sc3c(-c3ccc(CC(CC)CCCC)s3)c3cc(-c4ccc(C5=C6C(=O)NC(c7ccc(-c8cc(F)cc(F)c8)s7)=C6C(=O)N5)s4)sc23)s1. The lowest BCUT2D eigenvalue weighted by Crippen LogP contribution is -2.20. The fourth-order valence-corrected chi connectivity index (χ4v) is 22.3. The van der Waals surface area contributed by atoms with Gasteiger partial charge < -0.3 is 21.3 Å². The number of hydrogen-bond donors (Lipinski definition) is 4. The summed E-state index contributed by atoms with van der Waals surface area (Å²) in [6.45, 7) is 9.09. The van der Waals surface area contributed by atoms with E-state index in [-0.39, 0.29) is 22.3 Å². The van der Waals surface area contributed by atoms with E-state index in [1.54, 1.807) is 46.9 Å². The van der Waals surface area contributed by atoms with Crippen LogP contribution in [0.3, 0.4) is 0 Å². The zero-order valence-electron chi connectivity index (χ0n) is 51.2. The van der Waals surface area contributed by atoms with Crippen molar-refractivity contribution >= 4 is 157 Å². The van der Waals surface area contributed by atoms with Gasteiger partial charge in [-0.05, 0) is 145 Å². The van der Waals surface area contributed by atoms with Crippen LogP contribution in [0.15, 0.2) is 144 Å². The molecule has 0 saturated carbocycles. The number of carbonyl (C=O) groups is 4. The van der Waals surface area contributed by atoms with Crippen LogP contribution in [-0.4, -0.2) is 23.6 Å². The smallest absolute Gasteiger partial charge is 0.258 e. The van der Waals surface area contributed by atoms with E-state index in [4.69, 9.17) is 0 Å². The molecule has 94 heavy (non-hydrogen) atoms. The molecule has 15 rings (SSSR count). The standard InChI is InChI=1S/C74H58F4N4O4S8/c1-5-9-11-35(7-3)25-43-13-15-51(87-43)59-45-33-57(49-19-23-55(91-49)67-63-61(71(83)81-67)65(79-73(63)85)53-21-17-47(89-53)37-27-39(75)31-40(76)28-37)94-70(45)60(52-16-14-44(88-52)26-36(8-4)12-10-6-2)46-34-58(93-69(46)59)50-20-24-56(92-50)68-64-62(72(84)82-68)66(80-74(64)86)54-22-18-48(90-54)38-29-41(77)32-42(78)30-38/h13-24,27-36H,5-12,25-26H2,1-4H3,(H,79,85)(H,80,86)(H,81,83)(H,82,84). The summed E-state index contributed by atoms with van der Waals surface area (Å²) in [5, 5.41) is 14.3. The number of fused-ring (bicyclic) bond motifs is 4. The molecular weight excluding hydrogens is 1340 g/mol. The van der Waals surface area contributed by atoms with Crippen molar-refractivity contribution in [1.29, 1.82) is 0 Å². The van der Waals surface area contributed by atoms with E-state index in [9.17, 15) is 36.7 Å². The highest BCUT2D eigenvalue weighted by molar-refractivity contribution is 7.29. The van der Waals surface area contributed by atoms with Gasteiger partial charge in [-0.1, -0.05) is 79.1 Å². The third-order valence-electron chi connectivity index (χ3n) is 17.9. The van der Waals surface area contributed by atoms with Crippen molar-refractivity contribution in [3.8, 4) is 61.3 Å². The third-order valence-corrected chi connectivity index (χ3v) is 27.3. The molecule has 4 aliphatic rings. The first-order chi connectivity index (χ1) is 45.6. The lowest BCUT2D eigenvalue weighted by molar-refractivity contribution is -0.117. The summed E-state index contributed by atoms with van der Waals surface area (Å²) < 4.78 is 59.4. The van der Waals surface area contributed by atoms with Crippen molar-refractivity contribution in [1.82, 2.24) is 21.3 Å². The topological polar surface area (TPSA) is 116 Å². The Morgan fingerprint density at radius 3 is 0.979 bits per heavy atom. The monoisotopic (exact) mass is 1400 g/mol. The second kappa shape index (κ2) is 25.5. The predicted molar refractivity (Wildman–Crippen MR) is 384 cm³/mol. The normalized spacial score (nSPS) is 15.4. The summed E-state index contributed by atoms with van der Waals surface area (Å²) in [5.74, 6) is -3.30. The lowest BCUT2D eigenvalue weighted by Gasteiger charge is -2.13. The highest BCUT2D eigenvalue weighted by atomic mass is 32.1. The second-order valence-electron chi connectivity index (χ2n) is 24.0. The van der Waals surface area contributed by atoms with Gasteiger partial charge in [0.15, 0.2) is 0 Å². The molecule has 12 heterocycles. The number of hydrogen-bond acceptors (Lipinski definition) is 12. The lowest BCUT2D eigenvalue weighted by atomic mass is 9.95. The fourth-order valence-electron chi connectivity index (χ4n) is 13.2. The number of unbranched alkanes of at least 4 members (excludes halogenated alkanes) is 2. The molecule has 3 aromatic carbocycles. The van der Waals surface area contributed by atoms with E-state index in [1.165, 1.54) is 115 Å². The minimum Gasteiger partial charge on any atom is -0.320 e. The van der Waals surface area contributed by atoms with Crippen molar-refractivity contribution in [2.75, 3.05) is 0 Å². The zero-order chi connectivity index (χ0) is 64.8. The molecule has 4 amide bonds. The minimum atomic E-state index is -0.700. The Labute approximate surface area is 571 Å². The van der Waals surface area contributed by atoms with Crippen LogP contribution in [0.5, 0.6) is 0 Å². The van der Waals surface area contributed by atoms with Crippen LogP contribution in [0.1, 0.15) is 108 Å². The van der Waals surface area contributed by atoms with Gasteiger partial charge in [0, 0.05) is 92.2 Å². The van der Waals surface area contributed by atoms with Crippen LogP contribution >= 0.6 is 90.7 Å². The molecule has 0 spiro atoms. The Kier molecular flexibility index (Phi) is 16.9. The highest BCUT2D eigenvalue weighted by Gasteiger charge is 2.43. The fraction of sp³-hybridized carbons (Fsp3) is 0.216. The maximum Gasteiger partial charge on any atom is 0.258 e. The van der Waals surface area contributed by atoms with Crippen molar-refractivity contribution in [2.24, 2.45) is 11.8 Å². The molecule has 8 nitrogen and oxygen atoms in total. The van der Waals surface area contributed by atoms with Crippen LogP contribution in [-0.2, 0) is 32.0 Å². The van der Waals surface area contributed by atoms with Gasteiger partial charge >= 0.3 is 0 Å². The van der Waals surface area contributed by atoms with E-state index in [0.29, 0.717) is 65.3 Å². The molecule has 0 radical (unpaired) electrons. The summed E-state index contributed by atoms with van der Waals surface area (Å²) in [5.41, 5.74) is 5.60. The van der Waals surface area contributed by atoms with E-state index in [2.05, 4.69) is 97.5 Å². The third kappa shape index (κ3) is 11.4. The van der Waals surface area contributed by atoms with Gasteiger partial charge in [-0.3, -0.25) is 19.2 Å². The number of benzene rings is 3. The number of thiophene rings is 8. The molecule has 0 aliphatic carbocycles. The van der Waals surface area contributed by atoms with Gasteiger partial charge in [0.05, 0.1) is 64.6 Å². The van der Waals surface area contributed by atoms with Crippen LogP contribution in [0.25, 0.3) is 104 Å². The molecule has 0 fully saturated rings. The van der Waals surface area contributed by atoms with Gasteiger partial charge in [0.25, 0.3) is 23.6 Å². The second-order valence-corrected chi connectivity index (χ2v) is 32.8. The van der Waals surface area contributed by atoms with Crippen LogP contribution in [0.4, 0.5) is 17.6 Å². The quantitative estimate of drug-likeness (QED) is 0.0506. The van der Waals surface area contributed by atoms with Gasteiger partial charge in [0.2, 0.25) is 0 Å². The van der Waals surface area contributed by atoms with Gasteiger partial charge in [0.1, 0.15) is 23.3 Å². The van der Waals surface area contributed by atoms with Gasteiger partial charge in [-0.2, -0.15) is 0 Å². The van der Waals surface area contributed by atoms with Gasteiger partial charge in [-0.15, -0.1) is 90.7 Å². The van der Waals surface area contributed by atoms with E-state index in [0.717, 1.165) is 111 Å². The molecule has 2 unspecified atom stereocenters. The molecule has 11 aromatic rings. The zero-order valence-corrected chi connectivity index (χ0v) is 57.7. The molecule has 0 bridgehead atoms. The van der Waals surface area contributed by atoms with Crippen LogP contribution < -0.4 is 21.3 Å². The number of nitrogens with one attached hydrogen (secondary N) is 4. The highest BCUT2D eigenvalue weighted by Crippen LogP contribution is 2.56. The van der Waals surface area contributed by atoms with Crippen LogP contribution in [0, 0.1) is 35.1 Å². The number of carbonyl (C=O) groups excluding carboxylic acids is 4. The molecule has 2 atom stereocenters. The maximum atomic E-state index is 14.3. The summed E-state index contributed by atoms with van der Waals surface area (Å²) in [6.07, 6.45) is 11.3. The first kappa shape index (κ1) is 62.5. The average Bonchev–Trinajstić information content (AvgIpc) is 1.55. The number of halogens is 4. The Bertz CT molecular complexity index is 4700. The minimum absolute atomic E-state index is 0.235. The van der Waals surface area contributed by atoms with Crippen molar-refractivity contribution in [2.45, 2.75) is 91.9 Å². The predicted octanol–water partition coefficient (Wildman–Crippen LogP) is 21.3. The Balaban J connectivity index is 0.848. The number of amides is 4. The largest absolute Gasteiger partial charge is 0.320 e. The van der Waals surface area contributed by atoms with Crippen molar-refractivity contribution in [3.63, 3.8) is 0 Å². The molecular formula is C74H58F4N4O4S8. The summed E-state index contributed by atoms with van der Waals surface area (Å²) >= 11 is 12.7. The van der Waals surface area contributed by atoms with E-state index >= 15 is 0 Å². The summed E-state index contributed by atoms with van der Waals surface area (Å²) in [7, 11) is 0. The summed E-state index contributed by atoms with van der Waals surface area (Å²) in [6, 6.07) is 35.6. The number of rotatable bonds is 22. The van der Waals surface area contributed by atoms with Crippen LogP contribution in [0.2, 0.25) is 0 Å². The first-order valence-corrected chi connectivity index (χ1v) is 37.9. The molecule has 8 aromatic heterocycles. The average molecular weight is 1400 g/mol. The van der Waals surface area contributed by atoms with E-state index in [1.807, 2.05) is 34.8 Å². The summed E-state index contributed by atoms with van der Waals surface area (Å²) in [4.78, 5) is 69.0. The molecule has 0 saturated heterocycles. The van der Waals surface area contributed by atoms with Crippen molar-refractivity contribution < 1.29 is 36.7 Å².